The Labute approximate surface area is 226 Å². The summed E-state index contributed by atoms with van der Waals surface area (Å²) in [6.45, 7) is 6.90. The Bertz CT molecular complexity index is 908. The summed E-state index contributed by atoms with van der Waals surface area (Å²) >= 11 is 0. The van der Waals surface area contributed by atoms with Crippen LogP contribution >= 0.6 is 0 Å². The summed E-state index contributed by atoms with van der Waals surface area (Å²) in [5, 5.41) is 9.65. The van der Waals surface area contributed by atoms with E-state index in [-0.39, 0.29) is 4.90 Å². The lowest BCUT2D eigenvalue weighted by molar-refractivity contribution is 0.183. The quantitative estimate of drug-likeness (QED) is 0.139. The van der Waals surface area contributed by atoms with Crippen molar-refractivity contribution in [2.45, 2.75) is 141 Å². The molecular formula is C30H52N2O4S. The van der Waals surface area contributed by atoms with Gasteiger partial charge in [-0.2, -0.15) is 8.42 Å². The van der Waals surface area contributed by atoms with E-state index < -0.39 is 16.2 Å². The zero-order chi connectivity index (χ0) is 27.4. The molecule has 0 amide bonds. The molecule has 7 heteroatoms. The molecular weight excluding hydrogens is 484 g/mol. The second-order valence-electron chi connectivity index (χ2n) is 10.2. The van der Waals surface area contributed by atoms with Crippen molar-refractivity contribution in [3.05, 3.63) is 48.0 Å². The van der Waals surface area contributed by atoms with Crippen molar-refractivity contribution < 1.29 is 18.1 Å². The number of aromatic nitrogens is 2. The minimum absolute atomic E-state index is 0.0666. The number of aliphatic hydroxyl groups excluding tert-OH is 1. The molecule has 1 aromatic carbocycles. The fourth-order valence-corrected chi connectivity index (χ4v) is 4.90. The largest absolute Gasteiger partial charge is 0.385 e. The van der Waals surface area contributed by atoms with E-state index in [1.165, 1.54) is 115 Å². The Morgan fingerprint density at radius 1 is 0.784 bits per heavy atom. The highest BCUT2D eigenvalue weighted by molar-refractivity contribution is 7.85. The Balaban J connectivity index is 0.000000516. The van der Waals surface area contributed by atoms with E-state index in [0.29, 0.717) is 0 Å². The van der Waals surface area contributed by atoms with Crippen molar-refractivity contribution in [2.24, 2.45) is 0 Å². The molecule has 0 saturated carbocycles. The van der Waals surface area contributed by atoms with Crippen LogP contribution in [0.2, 0.25) is 0 Å². The highest BCUT2D eigenvalue weighted by Crippen LogP contribution is 2.15. The van der Waals surface area contributed by atoms with Crippen LogP contribution in [0, 0.1) is 6.92 Å². The van der Waals surface area contributed by atoms with Crippen molar-refractivity contribution in [2.75, 3.05) is 0 Å². The fourth-order valence-electron chi connectivity index (χ4n) is 4.42. The first-order chi connectivity index (χ1) is 17.8. The molecule has 1 aromatic heterocycles. The fraction of sp³-hybridized carbons (Fsp3) is 0.700. The smallest absolute Gasteiger partial charge is 0.294 e. The normalized spacial score (nSPS) is 12.2. The lowest BCUT2D eigenvalue weighted by atomic mass is 10.0. The predicted octanol–water partition coefficient (Wildman–Crippen LogP) is 8.44. The van der Waals surface area contributed by atoms with Crippen LogP contribution in [0.3, 0.4) is 0 Å². The van der Waals surface area contributed by atoms with Crippen LogP contribution in [0.15, 0.2) is 41.6 Å². The molecule has 1 atom stereocenters. The Hall–Kier alpha value is -1.70. The van der Waals surface area contributed by atoms with Gasteiger partial charge in [0.2, 0.25) is 0 Å². The number of aryl methyl sites for hydroxylation is 2. The number of aliphatic hydroxyl groups is 1. The average molecular weight is 537 g/mol. The van der Waals surface area contributed by atoms with Gasteiger partial charge in [0.1, 0.15) is 11.9 Å². The topological polar surface area (TPSA) is 92.4 Å². The number of unbranched alkanes of at least 4 members (excludes halogenated alkanes) is 15. The summed E-state index contributed by atoms with van der Waals surface area (Å²) in [5.41, 5.74) is 0.956. The van der Waals surface area contributed by atoms with E-state index in [4.69, 9.17) is 4.55 Å². The van der Waals surface area contributed by atoms with Crippen LogP contribution in [0.5, 0.6) is 0 Å². The summed E-state index contributed by atoms with van der Waals surface area (Å²) in [4.78, 5) is 4.15. The lowest BCUT2D eigenvalue weighted by Gasteiger charge is -2.09. The molecule has 0 spiro atoms. The minimum Gasteiger partial charge on any atom is -0.385 e. The van der Waals surface area contributed by atoms with Gasteiger partial charge >= 0.3 is 0 Å². The maximum absolute atomic E-state index is 10.5. The van der Waals surface area contributed by atoms with Gasteiger partial charge < -0.3 is 9.67 Å². The Morgan fingerprint density at radius 2 is 1.22 bits per heavy atom. The maximum atomic E-state index is 10.5. The molecule has 2 aromatic rings. The van der Waals surface area contributed by atoms with Gasteiger partial charge in [0.15, 0.2) is 0 Å². The van der Waals surface area contributed by atoms with Gasteiger partial charge in [0.05, 0.1) is 4.90 Å². The van der Waals surface area contributed by atoms with Crippen molar-refractivity contribution >= 4 is 10.1 Å². The van der Waals surface area contributed by atoms with Crippen molar-refractivity contribution in [3.63, 3.8) is 0 Å². The summed E-state index contributed by atoms with van der Waals surface area (Å²) in [7, 11) is -4.02. The molecule has 1 heterocycles. The van der Waals surface area contributed by atoms with E-state index >= 15 is 0 Å². The van der Waals surface area contributed by atoms with Crippen molar-refractivity contribution in [1.82, 2.24) is 9.55 Å². The molecule has 0 fully saturated rings. The summed E-state index contributed by atoms with van der Waals surface area (Å²) in [6, 6.07) is 5.99. The van der Waals surface area contributed by atoms with Gasteiger partial charge in [-0.05, 0) is 32.4 Å². The molecule has 0 aliphatic rings. The molecule has 1 unspecified atom stereocenters. The van der Waals surface area contributed by atoms with Gasteiger partial charge in [-0.3, -0.25) is 4.55 Å². The summed E-state index contributed by atoms with van der Waals surface area (Å²) in [6.07, 6.45) is 25.7. The molecule has 6 nitrogen and oxygen atoms in total. The molecule has 2 rings (SSSR count). The van der Waals surface area contributed by atoms with Crippen LogP contribution < -0.4 is 0 Å². The van der Waals surface area contributed by atoms with Gasteiger partial charge in [-0.25, -0.2) is 4.98 Å². The second kappa shape index (κ2) is 20.3. The van der Waals surface area contributed by atoms with Crippen LogP contribution in [0.25, 0.3) is 0 Å². The highest BCUT2D eigenvalue weighted by Gasteiger charge is 2.08. The molecule has 212 valence electrons. The van der Waals surface area contributed by atoms with Gasteiger partial charge in [-0.15, -0.1) is 0 Å². The molecule has 2 N–H and O–H groups in total. The van der Waals surface area contributed by atoms with Crippen LogP contribution in [-0.4, -0.2) is 27.6 Å². The first kappa shape index (κ1) is 33.3. The minimum atomic E-state index is -4.02. The van der Waals surface area contributed by atoms with Crippen molar-refractivity contribution in [3.8, 4) is 0 Å². The van der Waals surface area contributed by atoms with Crippen LogP contribution in [0.1, 0.15) is 134 Å². The Morgan fingerprint density at radius 3 is 1.62 bits per heavy atom. The standard InChI is InChI=1S/C23H44N2O.C7H8O3S/c1-3-4-5-6-7-8-9-10-11-12-13-14-15-16-17-18-20-25-21-19-24-23(25)22(2)26;1-6-2-4-7(5-3-6)11(8,9)10/h19,21-22,26H,3-18,20H2,1-2H3;2-5H,1H3,(H,8,9,10). The first-order valence-corrected chi connectivity index (χ1v) is 15.9. The third kappa shape index (κ3) is 16.7. The van der Waals surface area contributed by atoms with E-state index in [9.17, 15) is 13.5 Å². The number of nitrogens with zero attached hydrogens (tertiary/aromatic N) is 2. The van der Waals surface area contributed by atoms with Crippen LogP contribution in [-0.2, 0) is 16.7 Å². The molecule has 0 bridgehead atoms. The number of rotatable bonds is 19. The van der Waals surface area contributed by atoms with Gasteiger partial charge in [0.25, 0.3) is 10.1 Å². The van der Waals surface area contributed by atoms with Crippen LogP contribution in [0.4, 0.5) is 0 Å². The van der Waals surface area contributed by atoms with E-state index in [1.807, 2.05) is 13.1 Å². The lowest BCUT2D eigenvalue weighted by Crippen LogP contribution is -2.06. The van der Waals surface area contributed by atoms with Crippen molar-refractivity contribution in [1.29, 1.82) is 0 Å². The number of imidazole rings is 1. The zero-order valence-electron chi connectivity index (χ0n) is 23.6. The average Bonchev–Trinajstić information content (AvgIpc) is 3.33. The maximum Gasteiger partial charge on any atom is 0.294 e. The summed E-state index contributed by atoms with van der Waals surface area (Å²) < 4.78 is 31.6. The van der Waals surface area contributed by atoms with Gasteiger partial charge in [0, 0.05) is 18.9 Å². The number of hydrogen-bond donors (Lipinski definition) is 2. The third-order valence-corrected chi connectivity index (χ3v) is 7.56. The number of hydrogen-bond acceptors (Lipinski definition) is 4. The molecule has 0 radical (unpaired) electrons. The van der Waals surface area contributed by atoms with Gasteiger partial charge in [-0.1, -0.05) is 121 Å². The Kier molecular flexibility index (Phi) is 18.3. The zero-order valence-corrected chi connectivity index (χ0v) is 24.4. The summed E-state index contributed by atoms with van der Waals surface area (Å²) in [5.74, 6) is 0.797. The first-order valence-electron chi connectivity index (χ1n) is 14.5. The molecule has 0 aliphatic carbocycles. The second-order valence-corrected chi connectivity index (χ2v) is 11.7. The van der Waals surface area contributed by atoms with E-state index in [1.54, 1.807) is 25.3 Å². The SMILES string of the molecule is CCCCCCCCCCCCCCCCCCn1ccnc1C(C)O.Cc1ccc(S(=O)(=O)O)cc1. The monoisotopic (exact) mass is 536 g/mol. The van der Waals surface area contributed by atoms with E-state index in [0.717, 1.165) is 17.9 Å². The number of benzene rings is 1. The molecule has 0 saturated heterocycles. The third-order valence-electron chi connectivity index (χ3n) is 6.69. The highest BCUT2D eigenvalue weighted by atomic mass is 32.2. The van der Waals surface area contributed by atoms with E-state index in [2.05, 4.69) is 16.5 Å². The predicted molar refractivity (Wildman–Crippen MR) is 153 cm³/mol. The molecule has 0 aliphatic heterocycles. The molecule has 37 heavy (non-hydrogen) atoms.